The van der Waals surface area contributed by atoms with Gasteiger partial charge in [0.15, 0.2) is 0 Å². The van der Waals surface area contributed by atoms with E-state index in [1.165, 1.54) is 0 Å². The molecule has 0 spiro atoms. The smallest absolute Gasteiger partial charge is 0.307 e. The van der Waals surface area contributed by atoms with Crippen LogP contribution >= 0.6 is 0 Å². The Bertz CT molecular complexity index is 221. The highest BCUT2D eigenvalue weighted by Gasteiger charge is 2.45. The van der Waals surface area contributed by atoms with Crippen LogP contribution in [-0.2, 0) is 14.3 Å². The summed E-state index contributed by atoms with van der Waals surface area (Å²) in [6, 6.07) is 0. The van der Waals surface area contributed by atoms with E-state index in [4.69, 9.17) is 4.74 Å². The number of hydrogen-bond acceptors (Lipinski definition) is 3. The Morgan fingerprint density at radius 1 is 1.46 bits per heavy atom. The first-order valence-electron chi connectivity index (χ1n) is 4.55. The maximum atomic E-state index is 11.3. The number of carbonyl (C=O) groups excluding carboxylic acids is 2. The fourth-order valence-corrected chi connectivity index (χ4v) is 1.16. The van der Waals surface area contributed by atoms with Crippen molar-refractivity contribution >= 4 is 12.3 Å². The molecule has 0 aliphatic heterocycles. The fraction of sp³-hybridized carbons (Fsp3) is 0.800. The van der Waals surface area contributed by atoms with Crippen LogP contribution in [0.15, 0.2) is 0 Å². The maximum Gasteiger partial charge on any atom is 0.307 e. The Balaban J connectivity index is 2.38. The second kappa shape index (κ2) is 3.13. The molecule has 0 aromatic rings. The lowest BCUT2D eigenvalue weighted by atomic mass is 10.1. The summed E-state index contributed by atoms with van der Waals surface area (Å²) in [5.74, 6) is -0.267. The highest BCUT2D eigenvalue weighted by molar-refractivity contribution is 5.78. The van der Waals surface area contributed by atoms with E-state index in [9.17, 15) is 9.59 Å². The van der Waals surface area contributed by atoms with Crippen molar-refractivity contribution in [2.75, 3.05) is 0 Å². The molecule has 0 heterocycles. The number of aldehydes is 1. The van der Waals surface area contributed by atoms with E-state index in [2.05, 4.69) is 0 Å². The number of ether oxygens (including phenoxy) is 1. The lowest BCUT2D eigenvalue weighted by Gasteiger charge is -2.20. The molecule has 1 aliphatic rings. The van der Waals surface area contributed by atoms with E-state index in [-0.39, 0.29) is 17.8 Å². The van der Waals surface area contributed by atoms with Gasteiger partial charge >= 0.3 is 5.97 Å². The van der Waals surface area contributed by atoms with Crippen molar-refractivity contribution in [3.05, 3.63) is 0 Å². The highest BCUT2D eigenvalue weighted by atomic mass is 16.6. The Morgan fingerprint density at radius 2 is 2.00 bits per heavy atom. The molecular formula is C10H16O3. The molecular weight excluding hydrogens is 168 g/mol. The van der Waals surface area contributed by atoms with Gasteiger partial charge in [-0.2, -0.15) is 0 Å². The normalized spacial score (nSPS) is 19.3. The summed E-state index contributed by atoms with van der Waals surface area (Å²) < 4.78 is 5.12. The number of rotatable bonds is 3. The first-order chi connectivity index (χ1) is 5.87. The Hall–Kier alpha value is -0.860. The molecule has 0 saturated heterocycles. The van der Waals surface area contributed by atoms with Gasteiger partial charge in [0.2, 0.25) is 0 Å². The van der Waals surface area contributed by atoms with Crippen molar-refractivity contribution in [2.24, 2.45) is 5.41 Å². The summed E-state index contributed by atoms with van der Waals surface area (Å²) in [6.07, 6.45) is 2.79. The standard InChI is InChI=1S/C10H16O3/c1-9(2,3)13-8(12)6-10(7-11)4-5-10/h7H,4-6H2,1-3H3. The molecule has 3 heteroatoms. The maximum absolute atomic E-state index is 11.3. The number of carbonyl (C=O) groups is 2. The Kier molecular flexibility index (Phi) is 2.46. The van der Waals surface area contributed by atoms with Crippen LogP contribution in [0.4, 0.5) is 0 Å². The van der Waals surface area contributed by atoms with Crippen molar-refractivity contribution in [3.8, 4) is 0 Å². The molecule has 0 aromatic carbocycles. The van der Waals surface area contributed by atoms with Crippen LogP contribution in [0.5, 0.6) is 0 Å². The third-order valence-corrected chi connectivity index (χ3v) is 2.06. The number of hydrogen-bond donors (Lipinski definition) is 0. The molecule has 74 valence electrons. The SMILES string of the molecule is CC(C)(C)OC(=O)CC1(C=O)CC1. The van der Waals surface area contributed by atoms with Crippen LogP contribution in [0, 0.1) is 5.41 Å². The molecule has 0 radical (unpaired) electrons. The summed E-state index contributed by atoms with van der Waals surface area (Å²) in [5, 5.41) is 0. The van der Waals surface area contributed by atoms with Gasteiger partial charge in [-0.05, 0) is 33.6 Å². The predicted octanol–water partition coefficient (Wildman–Crippen LogP) is 1.70. The zero-order valence-corrected chi connectivity index (χ0v) is 8.42. The van der Waals surface area contributed by atoms with E-state index in [0.717, 1.165) is 19.1 Å². The van der Waals surface area contributed by atoms with Gasteiger partial charge in [0, 0.05) is 5.41 Å². The lowest BCUT2D eigenvalue weighted by Crippen LogP contribution is -2.25. The monoisotopic (exact) mass is 184 g/mol. The molecule has 1 fully saturated rings. The van der Waals surface area contributed by atoms with Crippen molar-refractivity contribution in [2.45, 2.75) is 45.6 Å². The zero-order valence-electron chi connectivity index (χ0n) is 8.42. The average molecular weight is 184 g/mol. The van der Waals surface area contributed by atoms with Crippen LogP contribution in [0.1, 0.15) is 40.0 Å². The van der Waals surface area contributed by atoms with Crippen molar-refractivity contribution in [3.63, 3.8) is 0 Å². The highest BCUT2D eigenvalue weighted by Crippen LogP contribution is 2.46. The van der Waals surface area contributed by atoms with Gasteiger partial charge in [-0.1, -0.05) is 0 Å². The van der Waals surface area contributed by atoms with Crippen LogP contribution < -0.4 is 0 Å². The quantitative estimate of drug-likeness (QED) is 0.495. The Labute approximate surface area is 78.5 Å². The summed E-state index contributed by atoms with van der Waals surface area (Å²) in [7, 11) is 0. The lowest BCUT2D eigenvalue weighted by molar-refractivity contribution is -0.156. The van der Waals surface area contributed by atoms with Gasteiger partial charge < -0.3 is 9.53 Å². The van der Waals surface area contributed by atoms with E-state index in [1.807, 2.05) is 20.8 Å². The molecule has 0 aromatic heterocycles. The average Bonchev–Trinajstić information content (AvgIpc) is 2.65. The van der Waals surface area contributed by atoms with Gasteiger partial charge in [-0.3, -0.25) is 4.79 Å². The summed E-state index contributed by atoms with van der Waals surface area (Å²) in [4.78, 5) is 21.9. The molecule has 1 saturated carbocycles. The molecule has 0 amide bonds. The van der Waals surface area contributed by atoms with Crippen LogP contribution in [0.2, 0.25) is 0 Å². The minimum Gasteiger partial charge on any atom is -0.460 e. The van der Waals surface area contributed by atoms with Gasteiger partial charge in [0.1, 0.15) is 11.9 Å². The van der Waals surface area contributed by atoms with Gasteiger partial charge in [0.05, 0.1) is 6.42 Å². The minimum atomic E-state index is -0.448. The van der Waals surface area contributed by atoms with Crippen molar-refractivity contribution in [1.29, 1.82) is 0 Å². The van der Waals surface area contributed by atoms with Crippen molar-refractivity contribution < 1.29 is 14.3 Å². The molecule has 0 unspecified atom stereocenters. The second-order valence-corrected chi connectivity index (χ2v) is 4.74. The van der Waals surface area contributed by atoms with Crippen molar-refractivity contribution in [1.82, 2.24) is 0 Å². The largest absolute Gasteiger partial charge is 0.460 e. The first kappa shape index (κ1) is 10.2. The van der Waals surface area contributed by atoms with E-state index in [1.54, 1.807) is 0 Å². The van der Waals surface area contributed by atoms with Gasteiger partial charge in [-0.15, -0.1) is 0 Å². The third kappa shape index (κ3) is 3.17. The van der Waals surface area contributed by atoms with Gasteiger partial charge in [-0.25, -0.2) is 0 Å². The molecule has 0 N–H and O–H groups in total. The minimum absolute atomic E-state index is 0.244. The van der Waals surface area contributed by atoms with Crippen LogP contribution in [0.3, 0.4) is 0 Å². The Morgan fingerprint density at radius 3 is 2.31 bits per heavy atom. The molecule has 13 heavy (non-hydrogen) atoms. The molecule has 1 aliphatic carbocycles. The predicted molar refractivity (Wildman–Crippen MR) is 48.2 cm³/mol. The second-order valence-electron chi connectivity index (χ2n) is 4.74. The molecule has 0 atom stereocenters. The molecule has 3 nitrogen and oxygen atoms in total. The summed E-state index contributed by atoms with van der Waals surface area (Å²) in [5.41, 5.74) is -0.821. The topological polar surface area (TPSA) is 43.4 Å². The summed E-state index contributed by atoms with van der Waals surface area (Å²) in [6.45, 7) is 5.47. The first-order valence-corrected chi connectivity index (χ1v) is 4.55. The number of esters is 1. The fourth-order valence-electron chi connectivity index (χ4n) is 1.16. The van der Waals surface area contributed by atoms with Gasteiger partial charge in [0.25, 0.3) is 0 Å². The van der Waals surface area contributed by atoms with E-state index < -0.39 is 5.60 Å². The summed E-state index contributed by atoms with van der Waals surface area (Å²) >= 11 is 0. The van der Waals surface area contributed by atoms with E-state index >= 15 is 0 Å². The molecule has 1 rings (SSSR count). The molecule has 0 bridgehead atoms. The van der Waals surface area contributed by atoms with E-state index in [0.29, 0.717) is 0 Å². The van der Waals surface area contributed by atoms with Crippen LogP contribution in [0.25, 0.3) is 0 Å². The zero-order chi connectivity index (χ0) is 10.1. The van der Waals surface area contributed by atoms with Crippen LogP contribution in [-0.4, -0.2) is 17.9 Å². The third-order valence-electron chi connectivity index (χ3n) is 2.06.